The van der Waals surface area contributed by atoms with Gasteiger partial charge in [0.05, 0.1) is 11.1 Å². The third-order valence-electron chi connectivity index (χ3n) is 3.92. The lowest BCUT2D eigenvalue weighted by atomic mass is 10.1. The second kappa shape index (κ2) is 7.04. The van der Waals surface area contributed by atoms with Crippen LogP contribution < -0.4 is 0 Å². The van der Waals surface area contributed by atoms with Crippen LogP contribution in [0.2, 0.25) is 0 Å². The van der Waals surface area contributed by atoms with Gasteiger partial charge in [0.1, 0.15) is 18.2 Å². The summed E-state index contributed by atoms with van der Waals surface area (Å²) in [7, 11) is -4.64. The Kier molecular flexibility index (Phi) is 4.69. The number of thiazole rings is 1. The molecule has 0 saturated heterocycles. The van der Waals surface area contributed by atoms with Crippen molar-refractivity contribution >= 4 is 35.8 Å². The molecule has 144 valence electrons. The van der Waals surface area contributed by atoms with E-state index in [1.54, 1.807) is 36.6 Å². The quantitative estimate of drug-likeness (QED) is 0.319. The van der Waals surface area contributed by atoms with Gasteiger partial charge in [0, 0.05) is 17.0 Å². The summed E-state index contributed by atoms with van der Waals surface area (Å²) in [6, 6.07) is 7.02. The molecule has 4 aromatic rings. The van der Waals surface area contributed by atoms with Gasteiger partial charge in [-0.2, -0.15) is 5.10 Å². The minimum atomic E-state index is -4.64. The highest BCUT2D eigenvalue weighted by molar-refractivity contribution is 7.46. The van der Waals surface area contributed by atoms with Crippen molar-refractivity contribution in [3.63, 3.8) is 0 Å². The van der Waals surface area contributed by atoms with Crippen molar-refractivity contribution in [3.8, 4) is 11.5 Å². The number of rotatable bonds is 6. The molecule has 3 N–H and O–H groups in total. The number of para-hydroxylation sites is 1. The molecule has 0 aliphatic heterocycles. The fourth-order valence-corrected chi connectivity index (χ4v) is 3.75. The van der Waals surface area contributed by atoms with Gasteiger partial charge >= 0.3 is 7.82 Å². The smallest absolute Gasteiger partial charge is 0.322 e. The highest BCUT2D eigenvalue weighted by atomic mass is 32.1. The molecule has 28 heavy (non-hydrogen) atoms. The van der Waals surface area contributed by atoms with Gasteiger partial charge in [-0.15, -0.1) is 11.3 Å². The lowest BCUT2D eigenvalue weighted by Crippen LogP contribution is -2.02. The zero-order valence-electron chi connectivity index (χ0n) is 14.4. The van der Waals surface area contributed by atoms with E-state index in [0.717, 1.165) is 0 Å². The van der Waals surface area contributed by atoms with Crippen LogP contribution in [0.4, 0.5) is 0 Å². The number of fused-ring (bicyclic) bond motifs is 1. The fraction of sp³-hybridized carbons (Fsp3) is 0.125. The standard InChI is InChI=1S/C16H14N5O5PS/c1-9-17-15(20-19-9)12-7-28-16(18-12)14(22)11-6-21(8-26-27(23,24)25)13-5-3-2-4-10(11)13/h2-7H,8H2,1H3,(H,17,19,20)(H2,23,24,25). The van der Waals surface area contributed by atoms with Gasteiger partial charge < -0.3 is 14.4 Å². The van der Waals surface area contributed by atoms with Gasteiger partial charge in [-0.05, 0) is 13.0 Å². The lowest BCUT2D eigenvalue weighted by Gasteiger charge is -2.07. The van der Waals surface area contributed by atoms with E-state index in [1.165, 1.54) is 22.1 Å². The molecular formula is C16H14N5O5PS. The summed E-state index contributed by atoms with van der Waals surface area (Å²) in [5.74, 6) is 0.740. The Morgan fingerprint density at radius 1 is 1.32 bits per heavy atom. The highest BCUT2D eigenvalue weighted by Crippen LogP contribution is 2.37. The number of carbonyl (C=O) groups excluding carboxylic acids is 1. The number of nitrogens with zero attached hydrogens (tertiary/aromatic N) is 4. The SMILES string of the molecule is Cc1nc(-c2csc(C(=O)c3cn(COP(=O)(O)O)c4ccccc34)n2)n[nH]1. The van der Waals surface area contributed by atoms with E-state index in [-0.39, 0.29) is 10.8 Å². The van der Waals surface area contributed by atoms with Crippen LogP contribution >= 0.6 is 19.2 Å². The van der Waals surface area contributed by atoms with Crippen molar-refractivity contribution in [3.05, 3.63) is 52.2 Å². The largest absolute Gasteiger partial charge is 0.471 e. The maximum Gasteiger partial charge on any atom is 0.471 e. The molecular weight excluding hydrogens is 405 g/mol. The molecule has 1 aromatic carbocycles. The molecule has 12 heteroatoms. The first kappa shape index (κ1) is 18.7. The molecule has 0 saturated carbocycles. The predicted octanol–water partition coefficient (Wildman–Crippen LogP) is 2.49. The third kappa shape index (κ3) is 3.66. The molecule has 10 nitrogen and oxygen atoms in total. The van der Waals surface area contributed by atoms with Crippen LogP contribution in [0.15, 0.2) is 35.8 Å². The summed E-state index contributed by atoms with van der Waals surface area (Å²) < 4.78 is 17.1. The van der Waals surface area contributed by atoms with Gasteiger partial charge in [-0.1, -0.05) is 18.2 Å². The molecule has 0 spiro atoms. The van der Waals surface area contributed by atoms with Crippen LogP contribution in [0, 0.1) is 6.92 Å². The lowest BCUT2D eigenvalue weighted by molar-refractivity contribution is 0.103. The number of phosphoric ester groups is 1. The zero-order chi connectivity index (χ0) is 19.9. The number of benzene rings is 1. The summed E-state index contributed by atoms with van der Waals surface area (Å²) >= 11 is 1.17. The molecule has 0 aliphatic rings. The summed E-state index contributed by atoms with van der Waals surface area (Å²) in [5, 5.41) is 9.36. The van der Waals surface area contributed by atoms with E-state index >= 15 is 0 Å². The van der Waals surface area contributed by atoms with Crippen LogP contribution in [-0.4, -0.2) is 40.3 Å². The molecule has 0 bridgehead atoms. The van der Waals surface area contributed by atoms with Crippen LogP contribution in [-0.2, 0) is 15.8 Å². The summed E-state index contributed by atoms with van der Waals surface area (Å²) in [6.07, 6.45) is 1.50. The van der Waals surface area contributed by atoms with Crippen LogP contribution in [0.5, 0.6) is 0 Å². The Morgan fingerprint density at radius 3 is 2.82 bits per heavy atom. The number of aryl methyl sites for hydroxylation is 1. The Hall–Kier alpha value is -2.69. The maximum atomic E-state index is 13.0. The number of nitrogens with one attached hydrogen (secondary N) is 1. The van der Waals surface area contributed by atoms with Gasteiger partial charge in [0.15, 0.2) is 5.01 Å². The van der Waals surface area contributed by atoms with Gasteiger partial charge in [-0.3, -0.25) is 14.4 Å². The Morgan fingerprint density at radius 2 is 2.11 bits per heavy atom. The Bertz CT molecular complexity index is 1220. The monoisotopic (exact) mass is 419 g/mol. The van der Waals surface area contributed by atoms with Crippen molar-refractivity contribution < 1.29 is 23.7 Å². The second-order valence-corrected chi connectivity index (χ2v) is 7.99. The third-order valence-corrected chi connectivity index (χ3v) is 5.22. The molecule has 0 aliphatic carbocycles. The number of aromatic nitrogens is 5. The molecule has 0 amide bonds. The van der Waals surface area contributed by atoms with E-state index < -0.39 is 14.6 Å². The Balaban J connectivity index is 1.70. The highest BCUT2D eigenvalue weighted by Gasteiger charge is 2.22. The van der Waals surface area contributed by atoms with E-state index in [0.29, 0.717) is 33.8 Å². The van der Waals surface area contributed by atoms with E-state index in [9.17, 15) is 9.36 Å². The second-order valence-electron chi connectivity index (χ2n) is 5.89. The molecule has 4 rings (SSSR count). The van der Waals surface area contributed by atoms with Crippen molar-refractivity contribution in [2.24, 2.45) is 0 Å². The molecule has 0 atom stereocenters. The van der Waals surface area contributed by atoms with E-state index in [1.807, 2.05) is 0 Å². The van der Waals surface area contributed by atoms with Gasteiger partial charge in [0.25, 0.3) is 0 Å². The Labute approximate surface area is 162 Å². The minimum absolute atomic E-state index is 0.260. The summed E-state index contributed by atoms with van der Waals surface area (Å²) in [5.41, 5.74) is 1.46. The first-order chi connectivity index (χ1) is 13.3. The number of phosphoric acid groups is 1. The summed E-state index contributed by atoms with van der Waals surface area (Å²) in [4.78, 5) is 39.4. The number of carbonyl (C=O) groups is 1. The molecule has 0 fully saturated rings. The predicted molar refractivity (Wildman–Crippen MR) is 101 cm³/mol. The van der Waals surface area contributed by atoms with Gasteiger partial charge in [-0.25, -0.2) is 14.5 Å². The van der Waals surface area contributed by atoms with Gasteiger partial charge in [0.2, 0.25) is 11.6 Å². The van der Waals surface area contributed by atoms with E-state index in [2.05, 4.69) is 24.7 Å². The minimum Gasteiger partial charge on any atom is -0.322 e. The molecule has 0 radical (unpaired) electrons. The molecule has 3 heterocycles. The maximum absolute atomic E-state index is 13.0. The molecule has 3 aromatic heterocycles. The van der Waals surface area contributed by atoms with E-state index in [4.69, 9.17) is 9.79 Å². The number of ketones is 1. The summed E-state index contributed by atoms with van der Waals surface area (Å²) in [6.45, 7) is 1.38. The topological polar surface area (TPSA) is 143 Å². The number of aromatic amines is 1. The van der Waals surface area contributed by atoms with Crippen LogP contribution in [0.1, 0.15) is 21.2 Å². The zero-order valence-corrected chi connectivity index (χ0v) is 16.1. The first-order valence-electron chi connectivity index (χ1n) is 7.99. The molecule has 0 unspecified atom stereocenters. The first-order valence-corrected chi connectivity index (χ1v) is 10.4. The van der Waals surface area contributed by atoms with Crippen LogP contribution in [0.25, 0.3) is 22.4 Å². The number of hydrogen-bond donors (Lipinski definition) is 3. The van der Waals surface area contributed by atoms with Crippen LogP contribution in [0.3, 0.4) is 0 Å². The number of hydrogen-bond acceptors (Lipinski definition) is 7. The average Bonchev–Trinajstić information content (AvgIpc) is 3.37. The van der Waals surface area contributed by atoms with Crippen molar-refractivity contribution in [2.45, 2.75) is 13.7 Å². The number of H-pyrrole nitrogens is 1. The van der Waals surface area contributed by atoms with Crippen molar-refractivity contribution in [2.75, 3.05) is 0 Å². The van der Waals surface area contributed by atoms with Crippen molar-refractivity contribution in [1.82, 2.24) is 24.7 Å². The van der Waals surface area contributed by atoms with Crippen molar-refractivity contribution in [1.29, 1.82) is 0 Å². The normalized spacial score (nSPS) is 12.0. The average molecular weight is 419 g/mol. The fourth-order valence-electron chi connectivity index (χ4n) is 2.73.